The number of para-hydroxylation sites is 1. The molecule has 0 aliphatic rings. The molecule has 1 amide bonds. The van der Waals surface area contributed by atoms with Crippen LogP contribution in [-0.4, -0.2) is 15.5 Å². The Labute approximate surface area is 169 Å². The van der Waals surface area contributed by atoms with Crippen molar-refractivity contribution in [2.45, 2.75) is 26.1 Å². The molecule has 5 nitrogen and oxygen atoms in total. The molecule has 1 N–H and O–H groups in total. The minimum Gasteiger partial charge on any atom is -0.324 e. The number of nitrogens with zero attached hydrogens (tertiary/aromatic N) is 2. The van der Waals surface area contributed by atoms with Crippen molar-refractivity contribution >= 4 is 11.6 Å². The third-order valence-corrected chi connectivity index (χ3v) is 4.31. The molecule has 156 valence electrons. The molecule has 0 aliphatic carbocycles. The number of hydrogen-bond acceptors (Lipinski definition) is 3. The largest absolute Gasteiger partial charge is 0.418 e. The quantitative estimate of drug-likeness (QED) is 0.629. The van der Waals surface area contributed by atoms with E-state index in [1.807, 2.05) is 0 Å². The Morgan fingerprint density at radius 1 is 1.10 bits per heavy atom. The topological polar surface area (TPSA) is 64.0 Å². The first kappa shape index (κ1) is 21.2. The van der Waals surface area contributed by atoms with Crippen LogP contribution in [0.25, 0.3) is 11.4 Å². The number of hydrogen-bond donors (Lipinski definition) is 1. The van der Waals surface area contributed by atoms with E-state index in [-0.39, 0.29) is 11.4 Å². The lowest BCUT2D eigenvalue weighted by atomic mass is 10.1. The summed E-state index contributed by atoms with van der Waals surface area (Å²) < 4.78 is 54.1. The minimum atomic E-state index is -4.65. The Hall–Kier alpha value is -3.49. The van der Waals surface area contributed by atoms with Crippen molar-refractivity contribution in [3.63, 3.8) is 0 Å². The molecule has 3 rings (SSSR count). The third kappa shape index (κ3) is 4.73. The highest BCUT2D eigenvalue weighted by Crippen LogP contribution is 2.34. The van der Waals surface area contributed by atoms with Gasteiger partial charge in [-0.25, -0.2) is 9.37 Å². The summed E-state index contributed by atoms with van der Waals surface area (Å²) in [6.07, 6.45) is -4.22. The monoisotopic (exact) mass is 419 g/mol. The van der Waals surface area contributed by atoms with E-state index in [4.69, 9.17) is 0 Å². The molecule has 30 heavy (non-hydrogen) atoms. The predicted octanol–water partition coefficient (Wildman–Crippen LogP) is 4.27. The average molecular weight is 419 g/mol. The fourth-order valence-corrected chi connectivity index (χ4v) is 2.91. The highest BCUT2D eigenvalue weighted by atomic mass is 19.4. The molecule has 0 atom stereocenters. The third-order valence-electron chi connectivity index (χ3n) is 4.31. The molecule has 0 spiro atoms. The molecule has 0 aliphatic heterocycles. The van der Waals surface area contributed by atoms with E-state index in [2.05, 4.69) is 10.3 Å². The van der Waals surface area contributed by atoms with Crippen LogP contribution in [0.3, 0.4) is 0 Å². The van der Waals surface area contributed by atoms with Crippen LogP contribution in [-0.2, 0) is 23.9 Å². The smallest absolute Gasteiger partial charge is 0.324 e. The number of amides is 1. The van der Waals surface area contributed by atoms with Crippen LogP contribution in [0, 0.1) is 5.82 Å². The molecule has 0 fully saturated rings. The Bertz CT molecular complexity index is 1140. The van der Waals surface area contributed by atoms with Gasteiger partial charge in [-0.1, -0.05) is 31.2 Å². The molecular weight excluding hydrogens is 402 g/mol. The highest BCUT2D eigenvalue weighted by Gasteiger charge is 2.33. The summed E-state index contributed by atoms with van der Waals surface area (Å²) in [6, 6.07) is 11.1. The number of alkyl halides is 3. The van der Waals surface area contributed by atoms with Gasteiger partial charge in [-0.15, -0.1) is 0 Å². The zero-order valence-corrected chi connectivity index (χ0v) is 15.8. The van der Waals surface area contributed by atoms with Crippen molar-refractivity contribution in [3.8, 4) is 11.4 Å². The number of nitrogens with one attached hydrogen (secondary N) is 1. The lowest BCUT2D eigenvalue weighted by Gasteiger charge is -2.16. The molecule has 0 saturated carbocycles. The van der Waals surface area contributed by atoms with E-state index in [1.165, 1.54) is 36.4 Å². The Balaban J connectivity index is 1.98. The minimum absolute atomic E-state index is 0.0538. The van der Waals surface area contributed by atoms with E-state index in [0.29, 0.717) is 12.1 Å². The van der Waals surface area contributed by atoms with E-state index in [9.17, 15) is 27.2 Å². The summed E-state index contributed by atoms with van der Waals surface area (Å²) in [6.45, 7) is 1.19. The summed E-state index contributed by atoms with van der Waals surface area (Å²) in [7, 11) is 0. The number of carbonyl (C=O) groups is 1. The Morgan fingerprint density at radius 3 is 2.50 bits per heavy atom. The average Bonchev–Trinajstić information content (AvgIpc) is 2.69. The molecule has 1 aromatic heterocycles. The molecule has 0 unspecified atom stereocenters. The second-order valence-electron chi connectivity index (χ2n) is 6.45. The van der Waals surface area contributed by atoms with Crippen LogP contribution in [0.2, 0.25) is 0 Å². The van der Waals surface area contributed by atoms with Crippen molar-refractivity contribution in [1.29, 1.82) is 0 Å². The number of halogens is 4. The summed E-state index contributed by atoms with van der Waals surface area (Å²) in [4.78, 5) is 29.4. The van der Waals surface area contributed by atoms with Crippen molar-refractivity contribution in [2.75, 3.05) is 5.32 Å². The second kappa shape index (κ2) is 8.48. The molecule has 0 saturated heterocycles. The first-order chi connectivity index (χ1) is 14.2. The maximum atomic E-state index is 13.7. The Morgan fingerprint density at radius 2 is 1.83 bits per heavy atom. The van der Waals surface area contributed by atoms with Crippen molar-refractivity contribution in [1.82, 2.24) is 9.55 Å². The van der Waals surface area contributed by atoms with Gasteiger partial charge in [0.15, 0.2) is 0 Å². The standard InChI is InChI=1S/C21H17F4N3O2/c1-2-15-11-19(30)28(20(26-15)13-6-5-7-14(22)10-13)12-18(29)27-17-9-4-3-8-16(17)21(23,24)25/h3-11H,2,12H2,1H3,(H,27,29). The van der Waals surface area contributed by atoms with Gasteiger partial charge < -0.3 is 5.32 Å². The zero-order chi connectivity index (χ0) is 21.9. The molecule has 0 bridgehead atoms. The first-order valence-corrected chi connectivity index (χ1v) is 9.02. The highest BCUT2D eigenvalue weighted by molar-refractivity contribution is 5.91. The number of anilines is 1. The van der Waals surface area contributed by atoms with Crippen LogP contribution in [0.1, 0.15) is 18.2 Å². The normalized spacial score (nSPS) is 11.4. The number of benzene rings is 2. The van der Waals surface area contributed by atoms with Gasteiger partial charge in [0.25, 0.3) is 5.56 Å². The van der Waals surface area contributed by atoms with E-state index < -0.39 is 41.3 Å². The van der Waals surface area contributed by atoms with E-state index in [0.717, 1.165) is 22.8 Å². The molecule has 3 aromatic rings. The van der Waals surface area contributed by atoms with Gasteiger partial charge in [0, 0.05) is 17.3 Å². The van der Waals surface area contributed by atoms with Gasteiger partial charge >= 0.3 is 6.18 Å². The maximum absolute atomic E-state index is 13.7. The Kier molecular flexibility index (Phi) is 6.00. The lowest BCUT2D eigenvalue weighted by molar-refractivity contribution is -0.137. The van der Waals surface area contributed by atoms with Gasteiger partial charge in [0.1, 0.15) is 18.2 Å². The summed E-state index contributed by atoms with van der Waals surface area (Å²) in [5.74, 6) is -1.35. The number of aromatic nitrogens is 2. The molecular formula is C21H17F4N3O2. The lowest BCUT2D eigenvalue weighted by Crippen LogP contribution is -2.30. The molecule has 0 radical (unpaired) electrons. The van der Waals surface area contributed by atoms with Gasteiger partial charge in [0.05, 0.1) is 11.3 Å². The fraction of sp³-hybridized carbons (Fsp3) is 0.190. The predicted molar refractivity (Wildman–Crippen MR) is 103 cm³/mol. The molecule has 1 heterocycles. The van der Waals surface area contributed by atoms with Crippen molar-refractivity contribution < 1.29 is 22.4 Å². The van der Waals surface area contributed by atoms with Crippen LogP contribution in [0.5, 0.6) is 0 Å². The first-order valence-electron chi connectivity index (χ1n) is 9.02. The second-order valence-corrected chi connectivity index (χ2v) is 6.45. The van der Waals surface area contributed by atoms with E-state index >= 15 is 0 Å². The van der Waals surface area contributed by atoms with Gasteiger partial charge in [0.2, 0.25) is 5.91 Å². The molecule has 2 aromatic carbocycles. The van der Waals surface area contributed by atoms with Crippen LogP contribution in [0.15, 0.2) is 59.4 Å². The van der Waals surface area contributed by atoms with Crippen LogP contribution < -0.4 is 10.9 Å². The SMILES string of the molecule is CCc1cc(=O)n(CC(=O)Nc2ccccc2C(F)(F)F)c(-c2cccc(F)c2)n1. The summed E-state index contributed by atoms with van der Waals surface area (Å²) in [5.41, 5.74) is -1.28. The van der Waals surface area contributed by atoms with Crippen LogP contribution in [0.4, 0.5) is 23.2 Å². The number of carbonyl (C=O) groups excluding carboxylic acids is 1. The van der Waals surface area contributed by atoms with Crippen molar-refractivity contribution in [3.05, 3.63) is 82.0 Å². The molecule has 9 heteroatoms. The van der Waals surface area contributed by atoms with E-state index in [1.54, 1.807) is 6.92 Å². The van der Waals surface area contributed by atoms with Gasteiger partial charge in [-0.05, 0) is 30.7 Å². The van der Waals surface area contributed by atoms with Crippen molar-refractivity contribution in [2.24, 2.45) is 0 Å². The zero-order valence-electron chi connectivity index (χ0n) is 15.8. The number of rotatable bonds is 5. The fourth-order valence-electron chi connectivity index (χ4n) is 2.91. The summed E-state index contributed by atoms with van der Waals surface area (Å²) in [5, 5.41) is 2.19. The summed E-state index contributed by atoms with van der Waals surface area (Å²) >= 11 is 0. The van der Waals surface area contributed by atoms with Gasteiger partial charge in [-0.3, -0.25) is 14.2 Å². The number of aryl methyl sites for hydroxylation is 1. The van der Waals surface area contributed by atoms with Crippen LogP contribution >= 0.6 is 0 Å². The maximum Gasteiger partial charge on any atom is 0.418 e. The van der Waals surface area contributed by atoms with Gasteiger partial charge in [-0.2, -0.15) is 13.2 Å².